The Kier molecular flexibility index (Phi) is 7.26. The third-order valence-electron chi connectivity index (χ3n) is 6.74. The van der Waals surface area contributed by atoms with Crippen molar-refractivity contribution in [3.05, 3.63) is 72.6 Å². The van der Waals surface area contributed by atoms with Gasteiger partial charge < -0.3 is 9.64 Å². The van der Waals surface area contributed by atoms with Gasteiger partial charge in [0.05, 0.1) is 24.9 Å². The molecule has 0 aromatic carbocycles. The van der Waals surface area contributed by atoms with Crippen molar-refractivity contribution < 1.29 is 9.53 Å². The largest absolute Gasteiger partial charge is 0.369 e. The van der Waals surface area contributed by atoms with Gasteiger partial charge in [-0.15, -0.1) is 0 Å². The fraction of sp³-hybridized carbons (Fsp3) is 0.462. The molecule has 5 rings (SSSR count). The zero-order valence-electron chi connectivity index (χ0n) is 19.5. The van der Waals surface area contributed by atoms with Crippen molar-refractivity contribution in [3.8, 4) is 5.95 Å². The molecule has 4 heterocycles. The molecule has 3 aromatic rings. The van der Waals surface area contributed by atoms with Crippen molar-refractivity contribution in [1.82, 2.24) is 29.3 Å². The summed E-state index contributed by atoms with van der Waals surface area (Å²) < 4.78 is 8.34. The predicted molar refractivity (Wildman–Crippen MR) is 128 cm³/mol. The fourth-order valence-corrected chi connectivity index (χ4v) is 5.06. The molecular formula is C26H32N6O2. The molecule has 0 N–H and O–H groups in total. The maximum absolute atomic E-state index is 13.4. The molecule has 2 fully saturated rings. The first-order valence-electron chi connectivity index (χ1n) is 12.2. The number of pyridine rings is 1. The Bertz CT molecular complexity index is 1050. The van der Waals surface area contributed by atoms with Crippen LogP contribution in [0, 0.1) is 0 Å². The van der Waals surface area contributed by atoms with Crippen LogP contribution in [0.3, 0.4) is 0 Å². The van der Waals surface area contributed by atoms with Gasteiger partial charge in [0.1, 0.15) is 0 Å². The van der Waals surface area contributed by atoms with Crippen LogP contribution in [-0.4, -0.2) is 67.0 Å². The van der Waals surface area contributed by atoms with E-state index in [-0.39, 0.29) is 12.0 Å². The quantitative estimate of drug-likeness (QED) is 0.539. The molecule has 1 atom stereocenters. The molecule has 0 bridgehead atoms. The topological polar surface area (TPSA) is 76.4 Å². The molecule has 0 spiro atoms. The van der Waals surface area contributed by atoms with Crippen LogP contribution in [0.15, 0.2) is 61.2 Å². The van der Waals surface area contributed by atoms with Crippen molar-refractivity contribution in [1.29, 1.82) is 0 Å². The SMILES string of the molecule is O=C1CN(Cc2cccn2-c2ncccn2)CC(OCc2ccccn2)CN1C1CCCCC1. The van der Waals surface area contributed by atoms with E-state index in [1.165, 1.54) is 19.3 Å². The van der Waals surface area contributed by atoms with Crippen molar-refractivity contribution in [2.75, 3.05) is 19.6 Å². The van der Waals surface area contributed by atoms with Crippen molar-refractivity contribution in [3.63, 3.8) is 0 Å². The summed E-state index contributed by atoms with van der Waals surface area (Å²) in [6.07, 6.45) is 13.0. The van der Waals surface area contributed by atoms with E-state index >= 15 is 0 Å². The van der Waals surface area contributed by atoms with Gasteiger partial charge >= 0.3 is 0 Å². The highest BCUT2D eigenvalue weighted by Crippen LogP contribution is 2.25. The summed E-state index contributed by atoms with van der Waals surface area (Å²) in [4.78, 5) is 30.9. The minimum atomic E-state index is -0.0771. The number of nitrogens with zero attached hydrogens (tertiary/aromatic N) is 6. The van der Waals surface area contributed by atoms with Gasteiger partial charge in [-0.25, -0.2) is 9.97 Å². The Balaban J connectivity index is 1.34. The van der Waals surface area contributed by atoms with Gasteiger partial charge in [-0.2, -0.15) is 0 Å². The highest BCUT2D eigenvalue weighted by Gasteiger charge is 2.33. The lowest BCUT2D eigenvalue weighted by Crippen LogP contribution is -2.45. The lowest BCUT2D eigenvalue weighted by atomic mass is 9.94. The summed E-state index contributed by atoms with van der Waals surface area (Å²) >= 11 is 0. The number of hydrogen-bond acceptors (Lipinski definition) is 6. The number of amides is 1. The smallest absolute Gasteiger partial charge is 0.237 e. The van der Waals surface area contributed by atoms with Gasteiger partial charge in [0.15, 0.2) is 0 Å². The summed E-state index contributed by atoms with van der Waals surface area (Å²) in [7, 11) is 0. The zero-order valence-corrected chi connectivity index (χ0v) is 19.5. The molecule has 178 valence electrons. The molecule has 1 unspecified atom stereocenters. The van der Waals surface area contributed by atoms with Crippen LogP contribution in [0.4, 0.5) is 0 Å². The molecule has 8 heteroatoms. The molecule has 1 saturated carbocycles. The summed E-state index contributed by atoms with van der Waals surface area (Å²) in [6.45, 7) is 2.78. The van der Waals surface area contributed by atoms with E-state index in [4.69, 9.17) is 4.74 Å². The maximum Gasteiger partial charge on any atom is 0.237 e. The van der Waals surface area contributed by atoms with Crippen LogP contribution in [0.5, 0.6) is 0 Å². The summed E-state index contributed by atoms with van der Waals surface area (Å²) in [5.74, 6) is 0.834. The van der Waals surface area contributed by atoms with E-state index in [0.29, 0.717) is 44.8 Å². The van der Waals surface area contributed by atoms with Crippen LogP contribution >= 0.6 is 0 Å². The Labute approximate surface area is 200 Å². The molecule has 34 heavy (non-hydrogen) atoms. The standard InChI is InChI=1S/C26H32N6O2/c33-25-19-30(16-23-11-6-15-31(23)26-28-13-7-14-29-26)17-24(34-20-21-8-4-5-12-27-21)18-32(25)22-9-2-1-3-10-22/h4-8,11-15,22,24H,1-3,9-10,16-20H2. The molecule has 1 aliphatic heterocycles. The summed E-state index contributed by atoms with van der Waals surface area (Å²) in [5, 5.41) is 0. The van der Waals surface area contributed by atoms with Crippen LogP contribution in [0.1, 0.15) is 43.5 Å². The normalized spacial score (nSPS) is 20.4. The third kappa shape index (κ3) is 5.51. The Morgan fingerprint density at radius 3 is 2.53 bits per heavy atom. The van der Waals surface area contributed by atoms with Crippen LogP contribution in [0.25, 0.3) is 5.95 Å². The second kappa shape index (κ2) is 10.9. The van der Waals surface area contributed by atoms with Crippen LogP contribution in [0.2, 0.25) is 0 Å². The number of aromatic nitrogens is 4. The van der Waals surface area contributed by atoms with Gasteiger partial charge in [-0.1, -0.05) is 25.3 Å². The lowest BCUT2D eigenvalue weighted by Gasteiger charge is -2.35. The van der Waals surface area contributed by atoms with E-state index in [1.807, 2.05) is 41.1 Å². The number of carbonyl (C=O) groups is 1. The van der Waals surface area contributed by atoms with Crippen molar-refractivity contribution in [2.24, 2.45) is 0 Å². The second-order valence-electron chi connectivity index (χ2n) is 9.18. The Hall–Kier alpha value is -3.10. The zero-order chi connectivity index (χ0) is 23.2. The highest BCUT2D eigenvalue weighted by atomic mass is 16.5. The lowest BCUT2D eigenvalue weighted by molar-refractivity contribution is -0.135. The Morgan fingerprint density at radius 1 is 0.912 bits per heavy atom. The first-order chi connectivity index (χ1) is 16.8. The van der Waals surface area contributed by atoms with E-state index in [9.17, 15) is 4.79 Å². The van der Waals surface area contributed by atoms with Gasteiger partial charge in [0, 0.05) is 56.2 Å². The van der Waals surface area contributed by atoms with Gasteiger partial charge in [0.25, 0.3) is 0 Å². The summed E-state index contributed by atoms with van der Waals surface area (Å²) in [6, 6.07) is 12.1. The number of rotatable bonds is 7. The first kappa shape index (κ1) is 22.7. The van der Waals surface area contributed by atoms with Crippen molar-refractivity contribution in [2.45, 2.75) is 57.4 Å². The molecule has 2 aliphatic rings. The number of ether oxygens (including phenoxy) is 1. The van der Waals surface area contributed by atoms with Gasteiger partial charge in [-0.3, -0.25) is 19.2 Å². The third-order valence-corrected chi connectivity index (χ3v) is 6.74. The summed E-state index contributed by atoms with van der Waals surface area (Å²) in [5.41, 5.74) is 1.96. The Morgan fingerprint density at radius 2 is 1.74 bits per heavy atom. The maximum atomic E-state index is 13.4. The number of hydrogen-bond donors (Lipinski definition) is 0. The second-order valence-corrected chi connectivity index (χ2v) is 9.18. The minimum absolute atomic E-state index is 0.0771. The van der Waals surface area contributed by atoms with Gasteiger partial charge in [-0.05, 0) is 43.2 Å². The molecule has 1 saturated heterocycles. The first-order valence-corrected chi connectivity index (χ1v) is 12.2. The minimum Gasteiger partial charge on any atom is -0.369 e. The average molecular weight is 461 g/mol. The van der Waals surface area contributed by atoms with E-state index in [0.717, 1.165) is 24.2 Å². The molecule has 0 radical (unpaired) electrons. The number of carbonyl (C=O) groups excluding carboxylic acids is 1. The van der Waals surface area contributed by atoms with E-state index in [1.54, 1.807) is 18.6 Å². The average Bonchev–Trinajstić information content (AvgIpc) is 3.28. The van der Waals surface area contributed by atoms with Crippen LogP contribution < -0.4 is 0 Å². The predicted octanol–water partition coefficient (Wildman–Crippen LogP) is 3.22. The fourth-order valence-electron chi connectivity index (χ4n) is 5.06. The molecule has 3 aromatic heterocycles. The van der Waals surface area contributed by atoms with Crippen molar-refractivity contribution >= 4 is 5.91 Å². The monoisotopic (exact) mass is 460 g/mol. The van der Waals surface area contributed by atoms with Gasteiger partial charge in [0.2, 0.25) is 11.9 Å². The molecular weight excluding hydrogens is 428 g/mol. The molecule has 8 nitrogen and oxygen atoms in total. The molecule has 1 aliphatic carbocycles. The highest BCUT2D eigenvalue weighted by molar-refractivity contribution is 5.79. The van der Waals surface area contributed by atoms with E-state index < -0.39 is 0 Å². The van der Waals surface area contributed by atoms with E-state index in [2.05, 4.69) is 30.8 Å². The van der Waals surface area contributed by atoms with Crippen LogP contribution in [-0.2, 0) is 22.7 Å². The molecule has 1 amide bonds.